The Morgan fingerprint density at radius 1 is 1.05 bits per heavy atom. The van der Waals surface area contributed by atoms with Crippen molar-refractivity contribution in [1.82, 2.24) is 9.97 Å². The third kappa shape index (κ3) is 2.16. The lowest BCUT2D eigenvalue weighted by molar-refractivity contribution is 0.476. The highest BCUT2D eigenvalue weighted by Gasteiger charge is 2.13. The van der Waals surface area contributed by atoms with Crippen molar-refractivity contribution in [2.75, 3.05) is 11.4 Å². The SMILES string of the molecule is CCN(c1ccccc1)c1ncnc2ccc(O)cc12. The topological polar surface area (TPSA) is 49.2 Å². The number of hydrogen-bond donors (Lipinski definition) is 1. The molecule has 0 fully saturated rings. The number of aromatic hydroxyl groups is 1. The summed E-state index contributed by atoms with van der Waals surface area (Å²) in [7, 11) is 0. The minimum Gasteiger partial charge on any atom is -0.508 e. The van der Waals surface area contributed by atoms with Crippen molar-refractivity contribution in [2.24, 2.45) is 0 Å². The lowest BCUT2D eigenvalue weighted by atomic mass is 10.2. The molecule has 0 aliphatic rings. The molecule has 1 N–H and O–H groups in total. The van der Waals surface area contributed by atoms with Gasteiger partial charge in [-0.25, -0.2) is 9.97 Å². The van der Waals surface area contributed by atoms with E-state index in [9.17, 15) is 5.11 Å². The predicted molar refractivity (Wildman–Crippen MR) is 80.3 cm³/mol. The van der Waals surface area contributed by atoms with Crippen LogP contribution in [-0.4, -0.2) is 21.6 Å². The summed E-state index contributed by atoms with van der Waals surface area (Å²) in [5.41, 5.74) is 1.89. The van der Waals surface area contributed by atoms with E-state index in [1.807, 2.05) is 30.3 Å². The number of hydrogen-bond acceptors (Lipinski definition) is 4. The zero-order valence-corrected chi connectivity index (χ0v) is 11.2. The molecule has 20 heavy (non-hydrogen) atoms. The van der Waals surface area contributed by atoms with E-state index in [4.69, 9.17) is 0 Å². The minimum atomic E-state index is 0.220. The highest BCUT2D eigenvalue weighted by Crippen LogP contribution is 2.30. The quantitative estimate of drug-likeness (QED) is 0.787. The van der Waals surface area contributed by atoms with Crippen molar-refractivity contribution in [3.8, 4) is 5.75 Å². The van der Waals surface area contributed by atoms with Gasteiger partial charge in [-0.3, -0.25) is 0 Å². The molecule has 3 aromatic rings. The summed E-state index contributed by atoms with van der Waals surface area (Å²) in [6.45, 7) is 2.86. The summed E-state index contributed by atoms with van der Waals surface area (Å²) in [5, 5.41) is 10.6. The molecule has 100 valence electrons. The maximum absolute atomic E-state index is 9.71. The Bertz CT molecular complexity index is 728. The van der Waals surface area contributed by atoms with Crippen LogP contribution in [0.25, 0.3) is 10.9 Å². The van der Waals surface area contributed by atoms with Crippen LogP contribution in [0.1, 0.15) is 6.92 Å². The largest absolute Gasteiger partial charge is 0.508 e. The van der Waals surface area contributed by atoms with Gasteiger partial charge in [0.05, 0.1) is 5.52 Å². The van der Waals surface area contributed by atoms with Gasteiger partial charge < -0.3 is 10.0 Å². The van der Waals surface area contributed by atoms with Crippen molar-refractivity contribution in [3.63, 3.8) is 0 Å². The highest BCUT2D eigenvalue weighted by atomic mass is 16.3. The normalized spacial score (nSPS) is 10.7. The van der Waals surface area contributed by atoms with Crippen LogP contribution in [0, 0.1) is 0 Å². The minimum absolute atomic E-state index is 0.220. The molecule has 0 amide bonds. The van der Waals surface area contributed by atoms with E-state index in [-0.39, 0.29) is 5.75 Å². The first-order valence-electron chi connectivity index (χ1n) is 6.56. The summed E-state index contributed by atoms with van der Waals surface area (Å²) in [5.74, 6) is 1.03. The third-order valence-corrected chi connectivity index (χ3v) is 3.24. The van der Waals surface area contributed by atoms with Gasteiger partial charge in [0, 0.05) is 17.6 Å². The smallest absolute Gasteiger partial charge is 0.144 e. The summed E-state index contributed by atoms with van der Waals surface area (Å²) < 4.78 is 0. The number of phenolic OH excluding ortho intramolecular Hbond substituents is 1. The van der Waals surface area contributed by atoms with Crippen LogP contribution < -0.4 is 4.90 Å². The number of anilines is 2. The Balaban J connectivity index is 2.19. The van der Waals surface area contributed by atoms with E-state index in [2.05, 4.69) is 21.8 Å². The van der Waals surface area contributed by atoms with Crippen molar-refractivity contribution < 1.29 is 5.11 Å². The molecule has 0 atom stereocenters. The number of para-hydroxylation sites is 1. The first-order valence-corrected chi connectivity index (χ1v) is 6.56. The van der Waals surface area contributed by atoms with Crippen molar-refractivity contribution in [1.29, 1.82) is 0 Å². The molecule has 4 heteroatoms. The molecular formula is C16H15N3O. The highest BCUT2D eigenvalue weighted by molar-refractivity contribution is 5.92. The summed E-state index contributed by atoms with van der Waals surface area (Å²) in [4.78, 5) is 10.7. The van der Waals surface area contributed by atoms with Gasteiger partial charge in [0.15, 0.2) is 0 Å². The van der Waals surface area contributed by atoms with Gasteiger partial charge in [-0.2, -0.15) is 0 Å². The fourth-order valence-electron chi connectivity index (χ4n) is 2.31. The van der Waals surface area contributed by atoms with Crippen LogP contribution in [0.3, 0.4) is 0 Å². The maximum atomic E-state index is 9.71. The first-order chi connectivity index (χ1) is 9.79. The van der Waals surface area contributed by atoms with Gasteiger partial charge in [0.1, 0.15) is 17.9 Å². The van der Waals surface area contributed by atoms with Gasteiger partial charge in [-0.1, -0.05) is 18.2 Å². The van der Waals surface area contributed by atoms with E-state index in [0.29, 0.717) is 0 Å². The average molecular weight is 265 g/mol. The number of fused-ring (bicyclic) bond motifs is 1. The van der Waals surface area contributed by atoms with E-state index in [1.54, 1.807) is 24.5 Å². The molecule has 0 bridgehead atoms. The number of benzene rings is 2. The number of nitrogens with zero attached hydrogens (tertiary/aromatic N) is 3. The molecule has 0 unspecified atom stereocenters. The molecule has 0 spiro atoms. The van der Waals surface area contributed by atoms with Crippen LogP contribution in [-0.2, 0) is 0 Å². The van der Waals surface area contributed by atoms with Crippen LogP contribution in [0.5, 0.6) is 5.75 Å². The first kappa shape index (κ1) is 12.4. The standard InChI is InChI=1S/C16H15N3O/c1-2-19(12-6-4-3-5-7-12)16-14-10-13(20)8-9-15(14)17-11-18-16/h3-11,20H,2H2,1H3. The van der Waals surface area contributed by atoms with Crippen LogP contribution in [0.4, 0.5) is 11.5 Å². The second-order valence-corrected chi connectivity index (χ2v) is 4.48. The average Bonchev–Trinajstić information content (AvgIpc) is 2.49. The van der Waals surface area contributed by atoms with Crippen molar-refractivity contribution in [2.45, 2.75) is 6.92 Å². The lowest BCUT2D eigenvalue weighted by Crippen LogP contribution is -2.17. The molecule has 0 radical (unpaired) electrons. The predicted octanol–water partition coefficient (Wildman–Crippen LogP) is 3.49. The Kier molecular flexibility index (Phi) is 3.21. The molecular weight excluding hydrogens is 250 g/mol. The summed E-state index contributed by atoms with van der Waals surface area (Å²) in [6.07, 6.45) is 1.56. The zero-order chi connectivity index (χ0) is 13.9. The van der Waals surface area contributed by atoms with Crippen molar-refractivity contribution >= 4 is 22.4 Å². The van der Waals surface area contributed by atoms with Crippen molar-refractivity contribution in [3.05, 3.63) is 54.9 Å². The van der Waals surface area contributed by atoms with Gasteiger partial charge in [0.25, 0.3) is 0 Å². The van der Waals surface area contributed by atoms with E-state index in [0.717, 1.165) is 29.0 Å². The lowest BCUT2D eigenvalue weighted by Gasteiger charge is -2.23. The second kappa shape index (κ2) is 5.17. The molecule has 0 aliphatic carbocycles. The monoisotopic (exact) mass is 265 g/mol. The van der Waals surface area contributed by atoms with Gasteiger partial charge >= 0.3 is 0 Å². The Morgan fingerprint density at radius 3 is 2.60 bits per heavy atom. The second-order valence-electron chi connectivity index (χ2n) is 4.48. The Morgan fingerprint density at radius 2 is 1.85 bits per heavy atom. The van der Waals surface area contributed by atoms with Crippen LogP contribution >= 0.6 is 0 Å². The Labute approximate surface area is 117 Å². The number of aromatic nitrogens is 2. The third-order valence-electron chi connectivity index (χ3n) is 3.24. The molecule has 2 aromatic carbocycles. The fourth-order valence-corrected chi connectivity index (χ4v) is 2.31. The summed E-state index contributed by atoms with van der Waals surface area (Å²) in [6, 6.07) is 15.2. The molecule has 0 saturated heterocycles. The van der Waals surface area contributed by atoms with Gasteiger partial charge in [0.2, 0.25) is 0 Å². The molecule has 0 saturated carbocycles. The van der Waals surface area contributed by atoms with Crippen LogP contribution in [0.15, 0.2) is 54.9 Å². The van der Waals surface area contributed by atoms with Gasteiger partial charge in [-0.15, -0.1) is 0 Å². The number of phenols is 1. The molecule has 1 heterocycles. The molecule has 0 aliphatic heterocycles. The van der Waals surface area contributed by atoms with E-state index >= 15 is 0 Å². The molecule has 1 aromatic heterocycles. The number of rotatable bonds is 3. The van der Waals surface area contributed by atoms with Crippen LogP contribution in [0.2, 0.25) is 0 Å². The fraction of sp³-hybridized carbons (Fsp3) is 0.125. The molecule has 4 nitrogen and oxygen atoms in total. The molecule has 3 rings (SSSR count). The summed E-state index contributed by atoms with van der Waals surface area (Å²) >= 11 is 0. The Hall–Kier alpha value is -2.62. The zero-order valence-electron chi connectivity index (χ0n) is 11.2. The van der Waals surface area contributed by atoms with E-state index in [1.165, 1.54) is 0 Å². The van der Waals surface area contributed by atoms with E-state index < -0.39 is 0 Å². The maximum Gasteiger partial charge on any atom is 0.144 e. The van der Waals surface area contributed by atoms with Gasteiger partial charge in [-0.05, 0) is 37.3 Å².